The molecule has 3 rings (SSSR count). The van der Waals surface area contributed by atoms with Crippen molar-refractivity contribution in [1.29, 1.82) is 0 Å². The fraction of sp³-hybridized carbons (Fsp3) is 0.429. The Bertz CT molecular complexity index is 832. The minimum absolute atomic E-state index is 0.0205. The molecule has 0 amide bonds. The fourth-order valence-electron chi connectivity index (χ4n) is 3.56. The van der Waals surface area contributed by atoms with E-state index >= 15 is 0 Å². The summed E-state index contributed by atoms with van der Waals surface area (Å²) < 4.78 is 33.0. The molecule has 0 aliphatic carbocycles. The van der Waals surface area contributed by atoms with E-state index in [-0.39, 0.29) is 13.0 Å². The van der Waals surface area contributed by atoms with Crippen molar-refractivity contribution in [2.45, 2.75) is 18.3 Å². The van der Waals surface area contributed by atoms with E-state index in [2.05, 4.69) is 0 Å². The molecule has 2 aromatic carbocycles. The molecule has 7 heteroatoms. The highest BCUT2D eigenvalue weighted by Crippen LogP contribution is 2.43. The van der Waals surface area contributed by atoms with Crippen LogP contribution in [0.25, 0.3) is 11.1 Å². The highest BCUT2D eigenvalue weighted by atomic mass is 16.7. The molecule has 2 aromatic rings. The van der Waals surface area contributed by atoms with Crippen molar-refractivity contribution in [2.75, 3.05) is 42.2 Å². The van der Waals surface area contributed by atoms with Gasteiger partial charge in [-0.15, -0.1) is 0 Å². The zero-order chi connectivity index (χ0) is 20.3. The minimum atomic E-state index is -1.42. The molecule has 28 heavy (non-hydrogen) atoms. The molecule has 1 aliphatic heterocycles. The van der Waals surface area contributed by atoms with Gasteiger partial charge in [-0.3, -0.25) is 0 Å². The molecule has 1 atom stereocenters. The summed E-state index contributed by atoms with van der Waals surface area (Å²) in [6.45, 7) is -0.0205. The van der Waals surface area contributed by atoms with E-state index in [0.717, 1.165) is 16.7 Å². The summed E-state index contributed by atoms with van der Waals surface area (Å²) in [5.74, 6) is 2.39. The molecule has 1 aliphatic rings. The van der Waals surface area contributed by atoms with Crippen molar-refractivity contribution < 1.29 is 33.5 Å². The summed E-state index contributed by atoms with van der Waals surface area (Å²) in [7, 11) is 7.72. The van der Waals surface area contributed by atoms with Crippen LogP contribution in [0, 0.1) is 0 Å². The molecule has 0 unspecified atom stereocenters. The summed E-state index contributed by atoms with van der Waals surface area (Å²) in [5, 5.41) is 11.3. The van der Waals surface area contributed by atoms with Gasteiger partial charge in [0.25, 0.3) is 0 Å². The third-order valence-electron chi connectivity index (χ3n) is 4.93. The number of benzene rings is 2. The molecule has 0 radical (unpaired) electrons. The van der Waals surface area contributed by atoms with Crippen LogP contribution in [0.3, 0.4) is 0 Å². The van der Waals surface area contributed by atoms with Gasteiger partial charge >= 0.3 is 0 Å². The minimum Gasteiger partial charge on any atom is -0.497 e. The zero-order valence-corrected chi connectivity index (χ0v) is 16.8. The average Bonchev–Trinajstić information content (AvgIpc) is 2.71. The smallest absolute Gasteiger partial charge is 0.189 e. The number of hydrogen-bond acceptors (Lipinski definition) is 7. The van der Waals surface area contributed by atoms with Crippen LogP contribution in [0.15, 0.2) is 30.3 Å². The predicted molar refractivity (Wildman–Crippen MR) is 103 cm³/mol. The molecule has 0 aromatic heterocycles. The van der Waals surface area contributed by atoms with Crippen molar-refractivity contribution in [3.8, 4) is 34.1 Å². The molecular weight excluding hydrogens is 364 g/mol. The standard InChI is InChI=1S/C21H26O7/c1-23-14-6-7-15-16-10-19(25-3)18(24-2)8-13(16)11-21(22,20(26-4)27-5)12-28-17(15)9-14/h6-10,20,22H,11-12H2,1-5H3/t21-/m1/s1. The number of hydrogen-bond donors (Lipinski definition) is 1. The first kappa shape index (κ1) is 20.3. The summed E-state index contributed by atoms with van der Waals surface area (Å²) >= 11 is 0. The van der Waals surface area contributed by atoms with Crippen LogP contribution in [0.2, 0.25) is 0 Å². The lowest BCUT2D eigenvalue weighted by atomic mass is 9.87. The predicted octanol–water partition coefficient (Wildman–Crippen LogP) is 2.66. The van der Waals surface area contributed by atoms with Crippen LogP contribution in [0.4, 0.5) is 0 Å². The quantitative estimate of drug-likeness (QED) is 0.760. The van der Waals surface area contributed by atoms with Gasteiger partial charge in [0, 0.05) is 32.3 Å². The molecule has 7 nitrogen and oxygen atoms in total. The fourth-order valence-corrected chi connectivity index (χ4v) is 3.56. The van der Waals surface area contributed by atoms with Crippen LogP contribution >= 0.6 is 0 Å². The van der Waals surface area contributed by atoms with Crippen molar-refractivity contribution in [1.82, 2.24) is 0 Å². The normalized spacial score (nSPS) is 18.4. The van der Waals surface area contributed by atoms with Gasteiger partial charge in [-0.1, -0.05) is 0 Å². The second-order valence-corrected chi connectivity index (χ2v) is 6.60. The molecule has 0 saturated heterocycles. The van der Waals surface area contributed by atoms with Gasteiger partial charge in [0.2, 0.25) is 0 Å². The third kappa shape index (κ3) is 3.61. The molecule has 1 N–H and O–H groups in total. The highest BCUT2D eigenvalue weighted by Gasteiger charge is 2.41. The molecule has 0 spiro atoms. The molecule has 0 saturated carbocycles. The van der Waals surface area contributed by atoms with E-state index in [0.29, 0.717) is 23.0 Å². The van der Waals surface area contributed by atoms with E-state index in [1.807, 2.05) is 24.3 Å². The Kier molecular flexibility index (Phi) is 5.98. The average molecular weight is 390 g/mol. The second kappa shape index (κ2) is 8.26. The monoisotopic (exact) mass is 390 g/mol. The summed E-state index contributed by atoms with van der Waals surface area (Å²) in [4.78, 5) is 0. The van der Waals surface area contributed by atoms with Crippen molar-refractivity contribution in [2.24, 2.45) is 0 Å². The molecule has 0 fully saturated rings. The van der Waals surface area contributed by atoms with E-state index in [4.69, 9.17) is 28.4 Å². The molecule has 1 heterocycles. The van der Waals surface area contributed by atoms with E-state index in [1.165, 1.54) is 14.2 Å². The van der Waals surface area contributed by atoms with Crippen molar-refractivity contribution >= 4 is 0 Å². The SMILES string of the molecule is COc1ccc2c(c1)OC[C@@](O)(C(OC)OC)Cc1cc(OC)c(OC)cc1-2. The lowest BCUT2D eigenvalue weighted by Gasteiger charge is -2.36. The van der Waals surface area contributed by atoms with Gasteiger partial charge in [0.15, 0.2) is 23.4 Å². The maximum atomic E-state index is 11.3. The van der Waals surface area contributed by atoms with E-state index < -0.39 is 11.9 Å². The Morgan fingerprint density at radius 1 is 0.893 bits per heavy atom. The first-order valence-electron chi connectivity index (χ1n) is 8.83. The number of fused-ring (bicyclic) bond motifs is 3. The second-order valence-electron chi connectivity index (χ2n) is 6.60. The highest BCUT2D eigenvalue weighted by molar-refractivity contribution is 5.77. The van der Waals surface area contributed by atoms with Gasteiger partial charge in [-0.05, 0) is 35.4 Å². The van der Waals surface area contributed by atoms with Crippen LogP contribution < -0.4 is 18.9 Å². The molecule has 152 valence electrons. The lowest BCUT2D eigenvalue weighted by Crippen LogP contribution is -2.51. The Labute approximate surface area is 164 Å². The molecule has 0 bridgehead atoms. The molecular formula is C21H26O7. The first-order chi connectivity index (χ1) is 13.5. The Morgan fingerprint density at radius 3 is 2.18 bits per heavy atom. The van der Waals surface area contributed by atoms with Gasteiger partial charge in [0.05, 0.1) is 21.3 Å². The van der Waals surface area contributed by atoms with Crippen LogP contribution in [0.1, 0.15) is 5.56 Å². The van der Waals surface area contributed by atoms with Gasteiger partial charge in [0.1, 0.15) is 18.1 Å². The van der Waals surface area contributed by atoms with Gasteiger partial charge in [-0.2, -0.15) is 0 Å². The summed E-state index contributed by atoms with van der Waals surface area (Å²) in [6.07, 6.45) is -0.638. The maximum Gasteiger partial charge on any atom is 0.189 e. The van der Waals surface area contributed by atoms with E-state index in [9.17, 15) is 5.11 Å². The largest absolute Gasteiger partial charge is 0.497 e. The lowest BCUT2D eigenvalue weighted by molar-refractivity contribution is -0.224. The topological polar surface area (TPSA) is 75.6 Å². The number of rotatable bonds is 6. The van der Waals surface area contributed by atoms with Crippen LogP contribution in [-0.2, 0) is 15.9 Å². The third-order valence-corrected chi connectivity index (χ3v) is 4.93. The summed E-state index contributed by atoms with van der Waals surface area (Å²) in [6, 6.07) is 9.32. The Balaban J connectivity index is 2.23. The maximum absolute atomic E-state index is 11.3. The van der Waals surface area contributed by atoms with E-state index in [1.54, 1.807) is 27.4 Å². The number of aliphatic hydroxyl groups is 1. The van der Waals surface area contributed by atoms with Crippen molar-refractivity contribution in [3.63, 3.8) is 0 Å². The van der Waals surface area contributed by atoms with Gasteiger partial charge in [-0.25, -0.2) is 0 Å². The number of methoxy groups -OCH3 is 5. The van der Waals surface area contributed by atoms with Gasteiger partial charge < -0.3 is 33.5 Å². The van der Waals surface area contributed by atoms with Crippen LogP contribution in [0.5, 0.6) is 23.0 Å². The zero-order valence-electron chi connectivity index (χ0n) is 16.8. The summed E-state index contributed by atoms with van der Waals surface area (Å²) in [5.41, 5.74) is 1.16. The van der Waals surface area contributed by atoms with Crippen LogP contribution in [-0.4, -0.2) is 59.2 Å². The Hall–Kier alpha value is -2.48. The van der Waals surface area contributed by atoms with Crippen molar-refractivity contribution in [3.05, 3.63) is 35.9 Å². The first-order valence-corrected chi connectivity index (χ1v) is 8.83. The Morgan fingerprint density at radius 2 is 1.57 bits per heavy atom. The number of ether oxygens (including phenoxy) is 6.